The van der Waals surface area contributed by atoms with Gasteiger partial charge in [-0.1, -0.05) is 0 Å². The zero-order chi connectivity index (χ0) is 13.1. The predicted octanol–water partition coefficient (Wildman–Crippen LogP) is 2.38. The maximum atomic E-state index is 12.0. The van der Waals surface area contributed by atoms with Crippen molar-refractivity contribution in [2.45, 2.75) is 33.4 Å². The summed E-state index contributed by atoms with van der Waals surface area (Å²) >= 11 is 1.54. The summed E-state index contributed by atoms with van der Waals surface area (Å²) in [5, 5.41) is 7.11. The minimum Gasteiger partial charge on any atom is -0.347 e. The van der Waals surface area contributed by atoms with Crippen LogP contribution in [-0.4, -0.2) is 21.7 Å². The van der Waals surface area contributed by atoms with Crippen molar-refractivity contribution in [2.75, 3.05) is 0 Å². The number of hydrogen-bond donors (Lipinski definition) is 1. The summed E-state index contributed by atoms with van der Waals surface area (Å²) in [7, 11) is 0. The Bertz CT molecular complexity index is 511. The zero-order valence-corrected chi connectivity index (χ0v) is 11.6. The molecule has 0 fully saturated rings. The molecule has 2 rings (SSSR count). The second-order valence-corrected chi connectivity index (χ2v) is 5.71. The number of nitrogens with zero attached hydrogens (tertiary/aromatic N) is 2. The molecule has 0 saturated heterocycles. The lowest BCUT2D eigenvalue weighted by molar-refractivity contribution is 0.0940. The molecule has 1 atom stereocenters. The Kier molecular flexibility index (Phi) is 3.81. The first-order chi connectivity index (χ1) is 8.56. The summed E-state index contributed by atoms with van der Waals surface area (Å²) in [6.07, 6.45) is 3.63. The van der Waals surface area contributed by atoms with Crippen LogP contribution in [0.5, 0.6) is 0 Å². The van der Waals surface area contributed by atoms with E-state index in [-0.39, 0.29) is 11.9 Å². The molecule has 2 heterocycles. The number of thiophene rings is 1. The Morgan fingerprint density at radius 2 is 2.33 bits per heavy atom. The summed E-state index contributed by atoms with van der Waals surface area (Å²) in [6, 6.07) is 3.87. The molecule has 5 heteroatoms. The van der Waals surface area contributed by atoms with Crippen molar-refractivity contribution in [3.05, 3.63) is 39.8 Å². The third kappa shape index (κ3) is 2.98. The van der Waals surface area contributed by atoms with E-state index in [0.29, 0.717) is 6.54 Å². The maximum Gasteiger partial charge on any atom is 0.261 e. The van der Waals surface area contributed by atoms with Gasteiger partial charge in [0.05, 0.1) is 11.4 Å². The van der Waals surface area contributed by atoms with Gasteiger partial charge in [-0.3, -0.25) is 9.48 Å². The van der Waals surface area contributed by atoms with Crippen LogP contribution in [0, 0.1) is 13.8 Å². The van der Waals surface area contributed by atoms with E-state index in [9.17, 15) is 4.79 Å². The van der Waals surface area contributed by atoms with Gasteiger partial charge in [0.25, 0.3) is 5.91 Å². The minimum atomic E-state index is -0.00384. The minimum absolute atomic E-state index is 0.00384. The Labute approximate surface area is 111 Å². The van der Waals surface area contributed by atoms with Gasteiger partial charge in [-0.25, -0.2) is 0 Å². The molecule has 1 N–H and O–H groups in total. The van der Waals surface area contributed by atoms with Crippen LogP contribution < -0.4 is 5.32 Å². The fraction of sp³-hybridized carbons (Fsp3) is 0.385. The van der Waals surface area contributed by atoms with Gasteiger partial charge < -0.3 is 5.32 Å². The molecule has 0 bridgehead atoms. The van der Waals surface area contributed by atoms with Gasteiger partial charge in [0.2, 0.25) is 0 Å². The van der Waals surface area contributed by atoms with Crippen molar-refractivity contribution in [1.29, 1.82) is 0 Å². The number of aromatic nitrogens is 2. The molecule has 4 nitrogen and oxygen atoms in total. The fourth-order valence-corrected chi connectivity index (χ4v) is 2.65. The summed E-state index contributed by atoms with van der Waals surface area (Å²) in [4.78, 5) is 14.0. The second kappa shape index (κ2) is 5.35. The van der Waals surface area contributed by atoms with Crippen LogP contribution >= 0.6 is 11.3 Å². The Morgan fingerprint density at radius 3 is 2.89 bits per heavy atom. The predicted molar refractivity (Wildman–Crippen MR) is 72.9 cm³/mol. The third-order valence-corrected chi connectivity index (χ3v) is 3.94. The smallest absolute Gasteiger partial charge is 0.261 e. The first kappa shape index (κ1) is 12.8. The molecule has 0 saturated carbocycles. The third-order valence-electron chi connectivity index (χ3n) is 2.79. The molecule has 0 unspecified atom stereocenters. The lowest BCUT2D eigenvalue weighted by Crippen LogP contribution is -2.35. The molecule has 2 aromatic rings. The van der Waals surface area contributed by atoms with Crippen LogP contribution in [0.15, 0.2) is 24.5 Å². The van der Waals surface area contributed by atoms with E-state index in [1.165, 1.54) is 21.8 Å². The zero-order valence-electron chi connectivity index (χ0n) is 10.8. The van der Waals surface area contributed by atoms with E-state index in [4.69, 9.17) is 0 Å². The van der Waals surface area contributed by atoms with Gasteiger partial charge in [0.15, 0.2) is 0 Å². The van der Waals surface area contributed by atoms with Crippen molar-refractivity contribution in [2.24, 2.45) is 0 Å². The van der Waals surface area contributed by atoms with Crippen molar-refractivity contribution >= 4 is 17.2 Å². The normalized spacial score (nSPS) is 12.4. The molecule has 0 aliphatic heterocycles. The monoisotopic (exact) mass is 263 g/mol. The van der Waals surface area contributed by atoms with E-state index in [1.807, 2.05) is 43.8 Å². The average molecular weight is 263 g/mol. The van der Waals surface area contributed by atoms with E-state index in [0.717, 1.165) is 4.88 Å². The highest BCUT2D eigenvalue weighted by molar-refractivity contribution is 7.14. The highest BCUT2D eigenvalue weighted by Gasteiger charge is 2.13. The molecule has 0 radical (unpaired) electrons. The Morgan fingerprint density at radius 1 is 1.56 bits per heavy atom. The van der Waals surface area contributed by atoms with Crippen LogP contribution in [-0.2, 0) is 6.54 Å². The first-order valence-electron chi connectivity index (χ1n) is 5.91. The van der Waals surface area contributed by atoms with Gasteiger partial charge in [0.1, 0.15) is 0 Å². The number of carbonyl (C=O) groups excluding carboxylic acids is 1. The van der Waals surface area contributed by atoms with Crippen molar-refractivity contribution in [1.82, 2.24) is 15.1 Å². The number of rotatable bonds is 4. The molecular weight excluding hydrogens is 246 g/mol. The highest BCUT2D eigenvalue weighted by atomic mass is 32.1. The number of hydrogen-bond acceptors (Lipinski definition) is 3. The molecule has 2 aromatic heterocycles. The molecule has 0 aliphatic carbocycles. The second-order valence-electron chi connectivity index (χ2n) is 4.45. The molecule has 96 valence electrons. The molecule has 0 spiro atoms. The molecule has 0 aromatic carbocycles. The van der Waals surface area contributed by atoms with Crippen molar-refractivity contribution in [3.8, 4) is 0 Å². The maximum absolute atomic E-state index is 12.0. The Hall–Kier alpha value is -1.62. The van der Waals surface area contributed by atoms with Crippen LogP contribution in [0.2, 0.25) is 0 Å². The van der Waals surface area contributed by atoms with Crippen LogP contribution in [0.3, 0.4) is 0 Å². The fourth-order valence-electron chi connectivity index (χ4n) is 1.71. The number of carbonyl (C=O) groups is 1. The van der Waals surface area contributed by atoms with Gasteiger partial charge in [-0.05, 0) is 38.5 Å². The van der Waals surface area contributed by atoms with Crippen LogP contribution in [0.4, 0.5) is 0 Å². The summed E-state index contributed by atoms with van der Waals surface area (Å²) < 4.78 is 1.82. The van der Waals surface area contributed by atoms with E-state index in [1.54, 1.807) is 6.20 Å². The summed E-state index contributed by atoms with van der Waals surface area (Å²) in [5.41, 5.74) is 1.17. The molecular formula is C13H17N3OS. The van der Waals surface area contributed by atoms with E-state index in [2.05, 4.69) is 10.4 Å². The standard InChI is InChI=1S/C13H17N3OS/c1-9-7-12(18-11(9)3)13(17)15-10(2)8-16-6-4-5-14-16/h4-7,10H,8H2,1-3H3,(H,15,17)/t10-/m0/s1. The van der Waals surface area contributed by atoms with Crippen molar-refractivity contribution < 1.29 is 4.79 Å². The van der Waals surface area contributed by atoms with Gasteiger partial charge in [0, 0.05) is 23.3 Å². The number of nitrogens with one attached hydrogen (secondary N) is 1. The van der Waals surface area contributed by atoms with Crippen LogP contribution in [0.1, 0.15) is 27.0 Å². The number of aryl methyl sites for hydroxylation is 2. The summed E-state index contributed by atoms with van der Waals surface area (Å²) in [5.74, 6) is -0.00384. The first-order valence-corrected chi connectivity index (χ1v) is 6.73. The average Bonchev–Trinajstić information content (AvgIpc) is 2.90. The largest absolute Gasteiger partial charge is 0.347 e. The lowest BCUT2D eigenvalue weighted by Gasteiger charge is -2.13. The molecule has 18 heavy (non-hydrogen) atoms. The van der Waals surface area contributed by atoms with Gasteiger partial charge in [-0.15, -0.1) is 11.3 Å². The lowest BCUT2D eigenvalue weighted by atomic mass is 10.2. The number of amides is 1. The van der Waals surface area contributed by atoms with Gasteiger partial charge >= 0.3 is 0 Å². The van der Waals surface area contributed by atoms with E-state index < -0.39 is 0 Å². The molecule has 0 aliphatic rings. The topological polar surface area (TPSA) is 46.9 Å². The highest BCUT2D eigenvalue weighted by Crippen LogP contribution is 2.20. The Balaban J connectivity index is 1.94. The van der Waals surface area contributed by atoms with Crippen LogP contribution in [0.25, 0.3) is 0 Å². The van der Waals surface area contributed by atoms with Crippen molar-refractivity contribution in [3.63, 3.8) is 0 Å². The summed E-state index contributed by atoms with van der Waals surface area (Å²) in [6.45, 7) is 6.72. The molecule has 1 amide bonds. The van der Waals surface area contributed by atoms with Gasteiger partial charge in [-0.2, -0.15) is 5.10 Å². The van der Waals surface area contributed by atoms with E-state index >= 15 is 0 Å². The quantitative estimate of drug-likeness (QED) is 0.920. The SMILES string of the molecule is Cc1cc(C(=O)N[C@@H](C)Cn2cccn2)sc1C.